The molecule has 0 saturated heterocycles. The standard InChI is InChI=1S/C23H26O4/c1-3-5-6-11-21(23(24)25-4-2)26-19-14-12-17(13-15-19)22-16-18-9-7-8-10-20(18)27-22/h7-10,12-16,21H,3-6,11H2,1-2H3. The highest BCUT2D eigenvalue weighted by molar-refractivity contribution is 5.82. The van der Waals surface area contributed by atoms with Crippen molar-refractivity contribution < 1.29 is 18.7 Å². The lowest BCUT2D eigenvalue weighted by Gasteiger charge is -2.17. The number of esters is 1. The zero-order chi connectivity index (χ0) is 19.1. The normalized spacial score (nSPS) is 12.1. The second-order valence-electron chi connectivity index (χ2n) is 6.53. The van der Waals surface area contributed by atoms with Gasteiger partial charge >= 0.3 is 5.97 Å². The highest BCUT2D eigenvalue weighted by Crippen LogP contribution is 2.29. The first-order chi connectivity index (χ1) is 13.2. The van der Waals surface area contributed by atoms with Gasteiger partial charge in [-0.1, -0.05) is 38.0 Å². The van der Waals surface area contributed by atoms with E-state index in [1.807, 2.05) is 61.5 Å². The Morgan fingerprint density at radius 3 is 2.52 bits per heavy atom. The van der Waals surface area contributed by atoms with E-state index in [1.54, 1.807) is 0 Å². The molecule has 142 valence electrons. The molecule has 3 aromatic rings. The van der Waals surface area contributed by atoms with Crippen molar-refractivity contribution in [3.05, 3.63) is 54.6 Å². The smallest absolute Gasteiger partial charge is 0.347 e. The van der Waals surface area contributed by atoms with Crippen molar-refractivity contribution in [2.45, 2.75) is 45.6 Å². The Labute approximate surface area is 160 Å². The molecule has 4 heteroatoms. The molecular weight excluding hydrogens is 340 g/mol. The van der Waals surface area contributed by atoms with Gasteiger partial charge in [0.05, 0.1) is 6.61 Å². The molecule has 0 radical (unpaired) electrons. The molecule has 0 aliphatic rings. The van der Waals surface area contributed by atoms with Crippen LogP contribution in [0.5, 0.6) is 5.75 Å². The molecule has 0 amide bonds. The number of carbonyl (C=O) groups excluding carboxylic acids is 1. The van der Waals surface area contributed by atoms with E-state index in [4.69, 9.17) is 13.9 Å². The molecule has 0 spiro atoms. The number of hydrogen-bond acceptors (Lipinski definition) is 4. The van der Waals surface area contributed by atoms with Crippen molar-refractivity contribution in [3.8, 4) is 17.1 Å². The second kappa shape index (κ2) is 9.26. The molecule has 1 aromatic heterocycles. The Hall–Kier alpha value is -2.75. The summed E-state index contributed by atoms with van der Waals surface area (Å²) in [6.07, 6.45) is 3.22. The van der Waals surface area contributed by atoms with Crippen molar-refractivity contribution in [2.75, 3.05) is 6.61 Å². The quantitative estimate of drug-likeness (QED) is 0.345. The molecular formula is C23H26O4. The fraction of sp³-hybridized carbons (Fsp3) is 0.348. The topological polar surface area (TPSA) is 48.7 Å². The maximum absolute atomic E-state index is 12.2. The number of hydrogen-bond donors (Lipinski definition) is 0. The summed E-state index contributed by atoms with van der Waals surface area (Å²) in [4.78, 5) is 12.2. The minimum atomic E-state index is -0.562. The molecule has 27 heavy (non-hydrogen) atoms. The molecule has 2 aromatic carbocycles. The summed E-state index contributed by atoms with van der Waals surface area (Å²) in [5.74, 6) is 1.17. The van der Waals surface area contributed by atoms with Crippen LogP contribution in [0.15, 0.2) is 59.0 Å². The first-order valence-corrected chi connectivity index (χ1v) is 9.63. The average Bonchev–Trinajstić information content (AvgIpc) is 3.12. The van der Waals surface area contributed by atoms with Crippen molar-refractivity contribution in [3.63, 3.8) is 0 Å². The van der Waals surface area contributed by atoms with Gasteiger partial charge in [0.15, 0.2) is 6.10 Å². The summed E-state index contributed by atoms with van der Waals surface area (Å²) in [7, 11) is 0. The molecule has 0 saturated carbocycles. The third-order valence-electron chi connectivity index (χ3n) is 4.46. The SMILES string of the molecule is CCCCCC(Oc1ccc(-c2cc3ccccc3o2)cc1)C(=O)OCC. The fourth-order valence-electron chi connectivity index (χ4n) is 3.03. The first-order valence-electron chi connectivity index (χ1n) is 9.63. The largest absolute Gasteiger partial charge is 0.479 e. The van der Waals surface area contributed by atoms with Crippen LogP contribution in [-0.4, -0.2) is 18.7 Å². The van der Waals surface area contributed by atoms with Gasteiger partial charge in [0.1, 0.15) is 17.1 Å². The van der Waals surface area contributed by atoms with Gasteiger partial charge in [0.2, 0.25) is 0 Å². The summed E-state index contributed by atoms with van der Waals surface area (Å²) in [6.45, 7) is 4.30. The van der Waals surface area contributed by atoms with E-state index in [1.165, 1.54) is 0 Å². The third kappa shape index (κ3) is 4.91. The van der Waals surface area contributed by atoms with Gasteiger partial charge in [-0.05, 0) is 56.2 Å². The number of furan rings is 1. The molecule has 1 atom stereocenters. The predicted molar refractivity (Wildman–Crippen MR) is 107 cm³/mol. The van der Waals surface area contributed by atoms with Gasteiger partial charge < -0.3 is 13.9 Å². The zero-order valence-electron chi connectivity index (χ0n) is 15.9. The molecule has 0 aliphatic carbocycles. The summed E-state index contributed by atoms with van der Waals surface area (Å²) >= 11 is 0. The number of fused-ring (bicyclic) bond motifs is 1. The van der Waals surface area contributed by atoms with Gasteiger partial charge in [-0.25, -0.2) is 4.79 Å². The van der Waals surface area contributed by atoms with E-state index < -0.39 is 6.10 Å². The van der Waals surface area contributed by atoms with Crippen LogP contribution >= 0.6 is 0 Å². The maximum atomic E-state index is 12.2. The molecule has 0 N–H and O–H groups in total. The number of benzene rings is 2. The molecule has 1 heterocycles. The molecule has 0 fully saturated rings. The number of para-hydroxylation sites is 1. The van der Waals surface area contributed by atoms with Crippen LogP contribution < -0.4 is 4.74 Å². The van der Waals surface area contributed by atoms with E-state index >= 15 is 0 Å². The summed E-state index contributed by atoms with van der Waals surface area (Å²) in [5, 5.41) is 1.08. The van der Waals surface area contributed by atoms with E-state index in [-0.39, 0.29) is 5.97 Å². The van der Waals surface area contributed by atoms with Crippen molar-refractivity contribution in [1.82, 2.24) is 0 Å². The molecule has 0 aliphatic heterocycles. The van der Waals surface area contributed by atoms with E-state index in [9.17, 15) is 4.79 Å². The van der Waals surface area contributed by atoms with E-state index in [0.717, 1.165) is 41.6 Å². The van der Waals surface area contributed by atoms with E-state index in [2.05, 4.69) is 6.92 Å². The second-order valence-corrected chi connectivity index (χ2v) is 6.53. The first kappa shape index (κ1) is 19.0. The highest BCUT2D eigenvalue weighted by atomic mass is 16.6. The zero-order valence-corrected chi connectivity index (χ0v) is 15.9. The van der Waals surface area contributed by atoms with Gasteiger partial charge in [-0.15, -0.1) is 0 Å². The van der Waals surface area contributed by atoms with Crippen molar-refractivity contribution >= 4 is 16.9 Å². The number of unbranched alkanes of at least 4 members (excludes halogenated alkanes) is 2. The number of rotatable bonds is 9. The lowest BCUT2D eigenvalue weighted by atomic mass is 10.1. The van der Waals surface area contributed by atoms with Crippen LogP contribution in [-0.2, 0) is 9.53 Å². The molecule has 3 rings (SSSR count). The number of carbonyl (C=O) groups is 1. The fourth-order valence-corrected chi connectivity index (χ4v) is 3.03. The third-order valence-corrected chi connectivity index (χ3v) is 4.46. The van der Waals surface area contributed by atoms with Gasteiger partial charge in [0.25, 0.3) is 0 Å². The molecule has 4 nitrogen and oxygen atoms in total. The Morgan fingerprint density at radius 1 is 1.04 bits per heavy atom. The summed E-state index contributed by atoms with van der Waals surface area (Å²) < 4.78 is 17.0. The van der Waals surface area contributed by atoms with Gasteiger partial charge in [0, 0.05) is 10.9 Å². The Balaban J connectivity index is 1.71. The monoisotopic (exact) mass is 366 g/mol. The van der Waals surface area contributed by atoms with Gasteiger partial charge in [-0.2, -0.15) is 0 Å². The van der Waals surface area contributed by atoms with Crippen molar-refractivity contribution in [2.24, 2.45) is 0 Å². The number of ether oxygens (including phenoxy) is 2. The minimum absolute atomic E-state index is 0.296. The van der Waals surface area contributed by atoms with Crippen LogP contribution in [0, 0.1) is 0 Å². The van der Waals surface area contributed by atoms with Crippen molar-refractivity contribution in [1.29, 1.82) is 0 Å². The van der Waals surface area contributed by atoms with Gasteiger partial charge in [-0.3, -0.25) is 0 Å². The van der Waals surface area contributed by atoms with Crippen LogP contribution in [0.4, 0.5) is 0 Å². The van der Waals surface area contributed by atoms with Crippen LogP contribution in [0.25, 0.3) is 22.3 Å². The molecule has 1 unspecified atom stereocenters. The lowest BCUT2D eigenvalue weighted by molar-refractivity contribution is -0.151. The predicted octanol–water partition coefficient (Wildman–Crippen LogP) is 5.99. The highest BCUT2D eigenvalue weighted by Gasteiger charge is 2.21. The summed E-state index contributed by atoms with van der Waals surface area (Å²) in [6, 6.07) is 17.6. The Morgan fingerprint density at radius 2 is 1.81 bits per heavy atom. The molecule has 0 bridgehead atoms. The maximum Gasteiger partial charge on any atom is 0.347 e. The van der Waals surface area contributed by atoms with Crippen LogP contribution in [0.3, 0.4) is 0 Å². The Kier molecular flexibility index (Phi) is 6.53. The lowest BCUT2D eigenvalue weighted by Crippen LogP contribution is -2.29. The van der Waals surface area contributed by atoms with Crippen LogP contribution in [0.2, 0.25) is 0 Å². The average molecular weight is 366 g/mol. The minimum Gasteiger partial charge on any atom is -0.479 e. The summed E-state index contributed by atoms with van der Waals surface area (Å²) in [5.41, 5.74) is 1.84. The van der Waals surface area contributed by atoms with E-state index in [0.29, 0.717) is 18.8 Å². The Bertz CT molecular complexity index is 830. The van der Waals surface area contributed by atoms with Crippen LogP contribution in [0.1, 0.15) is 39.5 Å².